The van der Waals surface area contributed by atoms with Crippen molar-refractivity contribution < 1.29 is 18.5 Å². The van der Waals surface area contributed by atoms with Crippen LogP contribution in [0.2, 0.25) is 0 Å². The molecule has 82 valence electrons. The highest BCUT2D eigenvalue weighted by molar-refractivity contribution is 5.93. The summed E-state index contributed by atoms with van der Waals surface area (Å²) in [6.45, 7) is -0.968. The van der Waals surface area contributed by atoms with Gasteiger partial charge in [0.15, 0.2) is 0 Å². The number of carbonyl (C=O) groups excluding carboxylic acids is 2. The number of nitrogens with zero attached hydrogens (tertiary/aromatic N) is 2. The normalized spacial score (nSPS) is 9.67. The minimum absolute atomic E-state index is 0.0709. The van der Waals surface area contributed by atoms with Gasteiger partial charge in [-0.3, -0.25) is 9.59 Å². The fourth-order valence-electron chi connectivity index (χ4n) is 0.764. The zero-order valence-corrected chi connectivity index (χ0v) is 7.70. The molecule has 0 radical (unpaired) electrons. The highest BCUT2D eigenvalue weighted by Crippen LogP contribution is 1.91. The van der Waals surface area contributed by atoms with Crippen molar-refractivity contribution in [2.24, 2.45) is 0 Å². The van der Waals surface area contributed by atoms with Gasteiger partial charge in [-0.1, -0.05) is 0 Å². The third-order valence-corrected chi connectivity index (χ3v) is 1.41. The molecule has 15 heavy (non-hydrogen) atoms. The molecule has 0 unspecified atom stereocenters. The minimum Gasteiger partial charge on any atom is -0.352 e. The van der Waals surface area contributed by atoms with E-state index in [0.717, 1.165) is 6.20 Å². The molecule has 2 N–H and O–H groups in total. The number of aromatic nitrogens is 2. The van der Waals surface area contributed by atoms with Crippen molar-refractivity contribution in [3.63, 3.8) is 0 Å². The first-order valence-corrected chi connectivity index (χ1v) is 4.12. The van der Waals surface area contributed by atoms with Crippen LogP contribution >= 0.6 is 0 Å². The maximum Gasteiger partial charge on any atom is 0.292 e. The van der Waals surface area contributed by atoms with E-state index in [4.69, 9.17) is 0 Å². The fraction of sp³-hybridized carbons (Fsp3) is 0.429. The average Bonchev–Trinajstić information content (AvgIpc) is 2.76. The van der Waals surface area contributed by atoms with Crippen molar-refractivity contribution >= 4 is 11.8 Å². The summed E-state index contributed by atoms with van der Waals surface area (Å²) in [5.74, 6) is -1.17. The maximum absolute atomic E-state index is 11.6. The summed E-state index contributed by atoms with van der Waals surface area (Å²) in [5.41, 5.74) is 0. The molecule has 0 aromatic carbocycles. The summed E-state index contributed by atoms with van der Waals surface area (Å²) in [4.78, 5) is 22.1. The largest absolute Gasteiger partial charge is 0.352 e. The third kappa shape index (κ3) is 3.71. The molecule has 7 nitrogen and oxygen atoms in total. The van der Waals surface area contributed by atoms with E-state index in [2.05, 4.69) is 25.5 Å². The van der Waals surface area contributed by atoms with E-state index in [1.807, 2.05) is 0 Å². The SMILES string of the molecule is O=C(CNC(=O)c1cnno1)NCCF. The van der Waals surface area contributed by atoms with Crippen LogP contribution in [-0.2, 0) is 4.79 Å². The molecule has 0 saturated carbocycles. The summed E-state index contributed by atoms with van der Waals surface area (Å²) < 4.78 is 16.1. The van der Waals surface area contributed by atoms with Crippen LogP contribution in [0.5, 0.6) is 0 Å². The number of halogens is 1. The first-order valence-electron chi connectivity index (χ1n) is 4.12. The number of amides is 2. The molecule has 0 aliphatic carbocycles. The average molecular weight is 216 g/mol. The van der Waals surface area contributed by atoms with Crippen LogP contribution in [0.25, 0.3) is 0 Å². The summed E-state index contributed by atoms with van der Waals surface area (Å²) in [6.07, 6.45) is 1.12. The lowest BCUT2D eigenvalue weighted by Gasteiger charge is -2.02. The predicted molar refractivity (Wildman–Crippen MR) is 45.6 cm³/mol. The first kappa shape index (κ1) is 11.1. The molecular formula is C7H9FN4O3. The molecule has 1 aromatic rings. The molecule has 0 aliphatic rings. The highest BCUT2D eigenvalue weighted by Gasteiger charge is 2.11. The van der Waals surface area contributed by atoms with Gasteiger partial charge in [0.25, 0.3) is 5.91 Å². The molecule has 0 aliphatic heterocycles. The number of hydrogen-bond donors (Lipinski definition) is 2. The molecule has 8 heteroatoms. The van der Waals surface area contributed by atoms with Crippen LogP contribution in [0.15, 0.2) is 10.7 Å². The summed E-state index contributed by atoms with van der Waals surface area (Å²) in [7, 11) is 0. The number of hydrogen-bond acceptors (Lipinski definition) is 5. The van der Waals surface area contributed by atoms with Crippen LogP contribution in [0.1, 0.15) is 10.6 Å². The summed E-state index contributed by atoms with van der Waals surface area (Å²) in [5, 5.41) is 10.9. The Morgan fingerprint density at radius 1 is 1.47 bits per heavy atom. The van der Waals surface area contributed by atoms with Gasteiger partial charge in [0.2, 0.25) is 11.7 Å². The third-order valence-electron chi connectivity index (χ3n) is 1.41. The quantitative estimate of drug-likeness (QED) is 0.650. The smallest absolute Gasteiger partial charge is 0.292 e. The van der Waals surface area contributed by atoms with E-state index < -0.39 is 18.5 Å². The zero-order chi connectivity index (χ0) is 11.1. The number of alkyl halides is 1. The number of nitrogens with one attached hydrogen (secondary N) is 2. The Balaban J connectivity index is 2.25. The van der Waals surface area contributed by atoms with Crippen molar-refractivity contribution in [1.82, 2.24) is 21.0 Å². The maximum atomic E-state index is 11.6. The summed E-state index contributed by atoms with van der Waals surface area (Å²) >= 11 is 0. The van der Waals surface area contributed by atoms with Gasteiger partial charge in [-0.2, -0.15) is 0 Å². The van der Waals surface area contributed by atoms with E-state index >= 15 is 0 Å². The lowest BCUT2D eigenvalue weighted by molar-refractivity contribution is -0.120. The van der Waals surface area contributed by atoms with Crippen LogP contribution in [0.3, 0.4) is 0 Å². The lowest BCUT2D eigenvalue weighted by atomic mass is 10.4. The number of carbonyl (C=O) groups is 2. The monoisotopic (exact) mass is 216 g/mol. The van der Waals surface area contributed by atoms with Gasteiger partial charge < -0.3 is 15.2 Å². The van der Waals surface area contributed by atoms with Crippen LogP contribution < -0.4 is 10.6 Å². The Bertz CT molecular complexity index is 327. The molecule has 1 aromatic heterocycles. The van der Waals surface area contributed by atoms with E-state index in [9.17, 15) is 14.0 Å². The second-order valence-electron chi connectivity index (χ2n) is 2.50. The van der Waals surface area contributed by atoms with Crippen molar-refractivity contribution in [3.8, 4) is 0 Å². The van der Waals surface area contributed by atoms with Crippen molar-refractivity contribution in [2.45, 2.75) is 0 Å². The standard InChI is InChI=1S/C7H9FN4O3/c8-1-2-9-6(13)4-10-7(14)5-3-11-12-15-5/h3H,1-2,4H2,(H,9,13)(H,10,14). The zero-order valence-electron chi connectivity index (χ0n) is 7.70. The van der Waals surface area contributed by atoms with Gasteiger partial charge in [-0.15, -0.1) is 5.10 Å². The second kappa shape index (κ2) is 5.68. The Hall–Kier alpha value is -1.99. The second-order valence-corrected chi connectivity index (χ2v) is 2.50. The highest BCUT2D eigenvalue weighted by atomic mass is 19.1. The minimum atomic E-state index is -0.647. The van der Waals surface area contributed by atoms with Crippen molar-refractivity contribution in [1.29, 1.82) is 0 Å². The van der Waals surface area contributed by atoms with Crippen LogP contribution in [-0.4, -0.2) is 41.9 Å². The molecule has 1 rings (SSSR count). The Labute approximate surface area is 84.0 Å². The predicted octanol–water partition coefficient (Wildman–Crippen LogP) is -1.11. The Kier molecular flexibility index (Phi) is 4.20. The van der Waals surface area contributed by atoms with Gasteiger partial charge in [0.1, 0.15) is 12.9 Å². The van der Waals surface area contributed by atoms with Gasteiger partial charge in [0, 0.05) is 11.8 Å². The van der Waals surface area contributed by atoms with Crippen LogP contribution in [0, 0.1) is 0 Å². The lowest BCUT2D eigenvalue weighted by Crippen LogP contribution is -2.37. The molecular weight excluding hydrogens is 207 g/mol. The molecule has 2 amide bonds. The van der Waals surface area contributed by atoms with Crippen molar-refractivity contribution in [3.05, 3.63) is 12.0 Å². The van der Waals surface area contributed by atoms with Crippen molar-refractivity contribution in [2.75, 3.05) is 19.8 Å². The molecule has 0 saturated heterocycles. The Morgan fingerprint density at radius 2 is 2.27 bits per heavy atom. The first-order chi connectivity index (χ1) is 7.24. The summed E-state index contributed by atoms with van der Waals surface area (Å²) in [6, 6.07) is 0. The molecule has 0 spiro atoms. The van der Waals surface area contributed by atoms with E-state index in [1.54, 1.807) is 0 Å². The topological polar surface area (TPSA) is 97.1 Å². The van der Waals surface area contributed by atoms with Gasteiger partial charge in [0.05, 0.1) is 6.54 Å². The van der Waals surface area contributed by atoms with Gasteiger partial charge in [-0.05, 0) is 0 Å². The fourth-order valence-corrected chi connectivity index (χ4v) is 0.764. The number of rotatable bonds is 5. The van der Waals surface area contributed by atoms with Gasteiger partial charge >= 0.3 is 0 Å². The van der Waals surface area contributed by atoms with E-state index in [-0.39, 0.29) is 18.8 Å². The van der Waals surface area contributed by atoms with Gasteiger partial charge in [-0.25, -0.2) is 4.39 Å². The molecule has 0 bridgehead atoms. The Morgan fingerprint density at radius 3 is 2.87 bits per heavy atom. The molecule has 1 heterocycles. The molecule has 0 atom stereocenters. The van der Waals surface area contributed by atoms with E-state index in [0.29, 0.717) is 0 Å². The van der Waals surface area contributed by atoms with Crippen LogP contribution in [0.4, 0.5) is 4.39 Å². The molecule has 0 fully saturated rings. The van der Waals surface area contributed by atoms with E-state index in [1.165, 1.54) is 0 Å².